The molecule has 1 saturated heterocycles. The minimum Gasteiger partial charge on any atom is -0.492 e. The molecule has 0 radical (unpaired) electrons. The largest absolute Gasteiger partial charge is 0.492 e. The zero-order chi connectivity index (χ0) is 25.1. The highest BCUT2D eigenvalue weighted by Crippen LogP contribution is 2.38. The lowest BCUT2D eigenvalue weighted by molar-refractivity contribution is 0.169. The summed E-state index contributed by atoms with van der Waals surface area (Å²) in [6.07, 6.45) is 7.48. The summed E-state index contributed by atoms with van der Waals surface area (Å²) in [7, 11) is 0. The lowest BCUT2D eigenvalue weighted by Gasteiger charge is -2.24. The minimum atomic E-state index is 0.410. The molecule has 6 heteroatoms. The van der Waals surface area contributed by atoms with E-state index in [-0.39, 0.29) is 0 Å². The number of ether oxygens (including phenoxy) is 1. The van der Waals surface area contributed by atoms with E-state index in [9.17, 15) is 0 Å². The first-order valence-electron chi connectivity index (χ1n) is 12.8. The molecule has 5 nitrogen and oxygen atoms in total. The number of pyridine rings is 1. The van der Waals surface area contributed by atoms with Crippen LogP contribution in [0.4, 0.5) is 0 Å². The SMILES string of the molecule is CC/C(=C(/c1ccc(OC[C@H](C)N2CC[C@@H](C)C2)cc1)c1ccc2[nH]ncc2c1)c1ccncc1Cl. The predicted molar refractivity (Wildman–Crippen MR) is 148 cm³/mol. The molecule has 186 valence electrons. The standard InChI is InChI=1S/C30H33ClN4O/c1-4-26(27-11-13-32-17-28(27)31)30(23-7-10-29-24(15-23)16-33-34-29)22-5-8-25(9-6-22)36-19-21(3)35-14-12-20(2)18-35/h5-11,13,15-17,20-21H,4,12,14,18-19H2,1-3H3,(H,33,34)/b30-26+/t20-,21+/m1/s1. The molecule has 1 aliphatic heterocycles. The number of aromatic amines is 1. The van der Waals surface area contributed by atoms with E-state index in [1.807, 2.05) is 12.3 Å². The summed E-state index contributed by atoms with van der Waals surface area (Å²) >= 11 is 6.62. The van der Waals surface area contributed by atoms with E-state index in [1.54, 1.807) is 12.4 Å². The van der Waals surface area contributed by atoms with Crippen molar-refractivity contribution in [2.45, 2.75) is 39.7 Å². The van der Waals surface area contributed by atoms with Crippen LogP contribution in [0.5, 0.6) is 5.75 Å². The van der Waals surface area contributed by atoms with Crippen molar-refractivity contribution in [3.05, 3.63) is 88.8 Å². The average Bonchev–Trinajstić information content (AvgIpc) is 3.55. The third-order valence-corrected chi connectivity index (χ3v) is 7.50. The number of benzene rings is 2. The normalized spacial score (nSPS) is 17.8. The first-order valence-corrected chi connectivity index (χ1v) is 13.1. The van der Waals surface area contributed by atoms with Crippen molar-refractivity contribution in [3.63, 3.8) is 0 Å². The van der Waals surface area contributed by atoms with Gasteiger partial charge in [-0.3, -0.25) is 15.0 Å². The van der Waals surface area contributed by atoms with Gasteiger partial charge in [-0.25, -0.2) is 0 Å². The molecular formula is C30H33ClN4O. The summed E-state index contributed by atoms with van der Waals surface area (Å²) in [5.74, 6) is 1.67. The second-order valence-corrected chi connectivity index (χ2v) is 10.2. The number of rotatable bonds is 8. The first-order chi connectivity index (χ1) is 17.5. The van der Waals surface area contributed by atoms with E-state index in [4.69, 9.17) is 16.3 Å². The lowest BCUT2D eigenvalue weighted by Crippen LogP contribution is -2.35. The fraction of sp³-hybridized carbons (Fsp3) is 0.333. The molecule has 2 atom stereocenters. The van der Waals surface area contributed by atoms with Gasteiger partial charge in [0.2, 0.25) is 0 Å². The van der Waals surface area contributed by atoms with Crippen molar-refractivity contribution in [2.75, 3.05) is 19.7 Å². The topological polar surface area (TPSA) is 54.0 Å². The van der Waals surface area contributed by atoms with Gasteiger partial charge in [0, 0.05) is 30.4 Å². The molecule has 1 N–H and O–H groups in total. The van der Waals surface area contributed by atoms with Crippen molar-refractivity contribution in [2.24, 2.45) is 5.92 Å². The van der Waals surface area contributed by atoms with Gasteiger partial charge in [-0.2, -0.15) is 5.10 Å². The average molecular weight is 501 g/mol. The van der Waals surface area contributed by atoms with Crippen LogP contribution in [0.25, 0.3) is 22.0 Å². The third-order valence-electron chi connectivity index (χ3n) is 7.19. The Bertz CT molecular complexity index is 1360. The maximum absolute atomic E-state index is 6.62. The number of nitrogens with one attached hydrogen (secondary N) is 1. The second kappa shape index (κ2) is 10.9. The summed E-state index contributed by atoms with van der Waals surface area (Å²) in [6.45, 7) is 9.77. The Balaban J connectivity index is 1.48. The molecule has 4 aromatic rings. The highest BCUT2D eigenvalue weighted by molar-refractivity contribution is 6.32. The number of allylic oxidation sites excluding steroid dienone is 1. The van der Waals surface area contributed by atoms with E-state index >= 15 is 0 Å². The van der Waals surface area contributed by atoms with Crippen LogP contribution in [-0.2, 0) is 0 Å². The molecular weight excluding hydrogens is 468 g/mol. The molecule has 1 aliphatic rings. The summed E-state index contributed by atoms with van der Waals surface area (Å²) in [6, 6.07) is 17.3. The third kappa shape index (κ3) is 5.18. The van der Waals surface area contributed by atoms with E-state index in [0.717, 1.165) is 64.3 Å². The molecule has 0 unspecified atom stereocenters. The van der Waals surface area contributed by atoms with E-state index < -0.39 is 0 Å². The van der Waals surface area contributed by atoms with Crippen molar-refractivity contribution >= 4 is 33.7 Å². The Hall–Kier alpha value is -3.15. The molecule has 2 aromatic heterocycles. The molecule has 1 fully saturated rings. The maximum Gasteiger partial charge on any atom is 0.119 e. The van der Waals surface area contributed by atoms with Gasteiger partial charge < -0.3 is 4.74 Å². The zero-order valence-corrected chi connectivity index (χ0v) is 21.9. The summed E-state index contributed by atoms with van der Waals surface area (Å²) in [5.41, 5.74) is 6.60. The van der Waals surface area contributed by atoms with Crippen LogP contribution in [0.2, 0.25) is 5.02 Å². The molecule has 0 aliphatic carbocycles. The van der Waals surface area contributed by atoms with E-state index in [0.29, 0.717) is 17.7 Å². The highest BCUT2D eigenvalue weighted by atomic mass is 35.5. The van der Waals surface area contributed by atoms with Gasteiger partial charge in [-0.15, -0.1) is 0 Å². The van der Waals surface area contributed by atoms with Crippen LogP contribution in [0.1, 0.15) is 50.3 Å². The number of likely N-dealkylation sites (tertiary alicyclic amines) is 1. The lowest BCUT2D eigenvalue weighted by atomic mass is 9.88. The summed E-state index contributed by atoms with van der Waals surface area (Å²) in [5, 5.41) is 8.98. The first kappa shape index (κ1) is 24.5. The fourth-order valence-corrected chi connectivity index (χ4v) is 5.38. The number of fused-ring (bicyclic) bond motifs is 1. The fourth-order valence-electron chi connectivity index (χ4n) is 5.14. The van der Waals surface area contributed by atoms with Crippen LogP contribution in [0, 0.1) is 5.92 Å². The van der Waals surface area contributed by atoms with Gasteiger partial charge in [0.15, 0.2) is 0 Å². The smallest absolute Gasteiger partial charge is 0.119 e. The van der Waals surface area contributed by atoms with Crippen molar-refractivity contribution in [3.8, 4) is 5.75 Å². The molecule has 0 amide bonds. The number of H-pyrrole nitrogens is 1. The van der Waals surface area contributed by atoms with Crippen LogP contribution in [-0.4, -0.2) is 45.8 Å². The quantitative estimate of drug-likeness (QED) is 0.280. The van der Waals surface area contributed by atoms with Crippen LogP contribution in [0.3, 0.4) is 0 Å². The van der Waals surface area contributed by atoms with Gasteiger partial charge in [0.1, 0.15) is 12.4 Å². The number of aromatic nitrogens is 3. The molecule has 0 saturated carbocycles. The summed E-state index contributed by atoms with van der Waals surface area (Å²) < 4.78 is 6.19. The monoisotopic (exact) mass is 500 g/mol. The van der Waals surface area contributed by atoms with Gasteiger partial charge in [-0.05, 0) is 90.4 Å². The van der Waals surface area contributed by atoms with Crippen molar-refractivity contribution in [1.29, 1.82) is 0 Å². The minimum absolute atomic E-state index is 0.410. The molecule has 5 rings (SSSR count). The molecule has 2 aromatic carbocycles. The van der Waals surface area contributed by atoms with Gasteiger partial charge in [0.25, 0.3) is 0 Å². The Kier molecular flexibility index (Phi) is 7.40. The van der Waals surface area contributed by atoms with Crippen LogP contribution < -0.4 is 4.74 Å². The Morgan fingerprint density at radius 3 is 2.67 bits per heavy atom. The van der Waals surface area contributed by atoms with Gasteiger partial charge >= 0.3 is 0 Å². The zero-order valence-electron chi connectivity index (χ0n) is 21.2. The number of halogens is 1. The Morgan fingerprint density at radius 1 is 1.14 bits per heavy atom. The predicted octanol–water partition coefficient (Wildman–Crippen LogP) is 7.09. The maximum atomic E-state index is 6.62. The molecule has 3 heterocycles. The number of hydrogen-bond donors (Lipinski definition) is 1. The molecule has 36 heavy (non-hydrogen) atoms. The van der Waals surface area contributed by atoms with E-state index in [1.165, 1.54) is 12.0 Å². The van der Waals surface area contributed by atoms with Crippen molar-refractivity contribution < 1.29 is 4.74 Å². The summed E-state index contributed by atoms with van der Waals surface area (Å²) in [4.78, 5) is 6.72. The molecule has 0 bridgehead atoms. The highest BCUT2D eigenvalue weighted by Gasteiger charge is 2.23. The Labute approximate surface area is 218 Å². The van der Waals surface area contributed by atoms with Crippen molar-refractivity contribution in [1.82, 2.24) is 20.1 Å². The number of nitrogens with zero attached hydrogens (tertiary/aromatic N) is 3. The van der Waals surface area contributed by atoms with Gasteiger partial charge in [0.05, 0.1) is 16.7 Å². The molecule has 0 spiro atoms. The second-order valence-electron chi connectivity index (χ2n) is 9.81. The number of hydrogen-bond acceptors (Lipinski definition) is 4. The van der Waals surface area contributed by atoms with E-state index in [2.05, 4.69) is 83.3 Å². The van der Waals surface area contributed by atoms with Crippen LogP contribution in [0.15, 0.2) is 67.1 Å². The van der Waals surface area contributed by atoms with Gasteiger partial charge in [-0.1, -0.05) is 43.6 Å². The van der Waals surface area contributed by atoms with Crippen LogP contribution >= 0.6 is 11.6 Å². The Morgan fingerprint density at radius 2 is 1.94 bits per heavy atom.